The van der Waals surface area contributed by atoms with E-state index in [0.717, 1.165) is 35.3 Å². The molecule has 3 heteroatoms. The van der Waals surface area contributed by atoms with Gasteiger partial charge in [0.1, 0.15) is 0 Å². The fourth-order valence-corrected chi connectivity index (χ4v) is 2.38. The van der Waals surface area contributed by atoms with Gasteiger partial charge in [-0.3, -0.25) is 9.89 Å². The number of hydrogen-bond acceptors (Lipinski definition) is 1. The van der Waals surface area contributed by atoms with Crippen LogP contribution < -0.4 is 5.56 Å². The van der Waals surface area contributed by atoms with Crippen LogP contribution in [0.15, 0.2) is 29.1 Å². The van der Waals surface area contributed by atoms with E-state index in [-0.39, 0.29) is 5.56 Å². The molecule has 0 bridgehead atoms. The minimum Gasteiger partial charge on any atom is -0.295 e. The van der Waals surface area contributed by atoms with Crippen molar-refractivity contribution in [3.05, 3.63) is 51.4 Å². The lowest BCUT2D eigenvalue weighted by Gasteiger charge is -2.02. The van der Waals surface area contributed by atoms with Crippen molar-refractivity contribution in [2.24, 2.45) is 5.92 Å². The molecule has 0 spiro atoms. The SMILES string of the molecule is CCc1[nH]n(-c2cccc(C)c2)c(=O)c1CC(C)C. The van der Waals surface area contributed by atoms with Crippen molar-refractivity contribution >= 4 is 0 Å². The molecule has 1 heterocycles. The first-order chi connectivity index (χ1) is 9.02. The van der Waals surface area contributed by atoms with Gasteiger partial charge in [-0.15, -0.1) is 0 Å². The van der Waals surface area contributed by atoms with Crippen molar-refractivity contribution in [1.29, 1.82) is 0 Å². The smallest absolute Gasteiger partial charge is 0.274 e. The van der Waals surface area contributed by atoms with Crippen LogP contribution in [-0.2, 0) is 12.8 Å². The number of aromatic nitrogens is 2. The van der Waals surface area contributed by atoms with E-state index in [0.29, 0.717) is 5.92 Å². The minimum absolute atomic E-state index is 0.0937. The summed E-state index contributed by atoms with van der Waals surface area (Å²) < 4.78 is 1.67. The topological polar surface area (TPSA) is 37.8 Å². The van der Waals surface area contributed by atoms with Crippen molar-refractivity contribution < 1.29 is 0 Å². The van der Waals surface area contributed by atoms with Crippen LogP contribution in [0.1, 0.15) is 37.6 Å². The molecule has 0 aliphatic carbocycles. The van der Waals surface area contributed by atoms with Gasteiger partial charge < -0.3 is 0 Å². The molecule has 2 aromatic rings. The highest BCUT2D eigenvalue weighted by Crippen LogP contribution is 2.13. The van der Waals surface area contributed by atoms with E-state index in [1.54, 1.807) is 4.68 Å². The average molecular weight is 258 g/mol. The molecule has 102 valence electrons. The standard InChI is InChI=1S/C16H22N2O/c1-5-15-14(9-11(2)3)16(19)18(17-15)13-8-6-7-12(4)10-13/h6-8,10-11,17H,5,9H2,1-4H3. The molecule has 0 amide bonds. The normalized spacial score (nSPS) is 11.2. The van der Waals surface area contributed by atoms with Gasteiger partial charge in [0.2, 0.25) is 0 Å². The number of benzene rings is 1. The zero-order valence-corrected chi connectivity index (χ0v) is 12.2. The first-order valence-corrected chi connectivity index (χ1v) is 6.92. The molecule has 0 saturated heterocycles. The Balaban J connectivity index is 2.54. The summed E-state index contributed by atoms with van der Waals surface area (Å²) in [7, 11) is 0. The van der Waals surface area contributed by atoms with Crippen LogP contribution in [0.2, 0.25) is 0 Å². The zero-order valence-electron chi connectivity index (χ0n) is 12.2. The molecular weight excluding hydrogens is 236 g/mol. The lowest BCUT2D eigenvalue weighted by Crippen LogP contribution is -2.18. The van der Waals surface area contributed by atoms with Crippen LogP contribution in [0.5, 0.6) is 0 Å². The Morgan fingerprint density at radius 1 is 1.32 bits per heavy atom. The van der Waals surface area contributed by atoms with E-state index in [9.17, 15) is 4.79 Å². The highest BCUT2D eigenvalue weighted by Gasteiger charge is 2.15. The second kappa shape index (κ2) is 5.47. The van der Waals surface area contributed by atoms with Crippen molar-refractivity contribution in [2.45, 2.75) is 40.5 Å². The van der Waals surface area contributed by atoms with E-state index >= 15 is 0 Å². The van der Waals surface area contributed by atoms with E-state index in [2.05, 4.69) is 25.9 Å². The molecule has 0 saturated carbocycles. The van der Waals surface area contributed by atoms with Crippen LogP contribution in [-0.4, -0.2) is 9.78 Å². The minimum atomic E-state index is 0.0937. The summed E-state index contributed by atoms with van der Waals surface area (Å²) in [5, 5.41) is 3.25. The van der Waals surface area contributed by atoms with Crippen molar-refractivity contribution in [3.8, 4) is 5.69 Å². The molecule has 0 aliphatic rings. The Morgan fingerprint density at radius 2 is 2.05 bits per heavy atom. The summed E-state index contributed by atoms with van der Waals surface area (Å²) >= 11 is 0. The largest absolute Gasteiger partial charge is 0.295 e. The number of H-pyrrole nitrogens is 1. The van der Waals surface area contributed by atoms with Crippen molar-refractivity contribution in [2.75, 3.05) is 0 Å². The Kier molecular flexibility index (Phi) is 3.93. The summed E-state index contributed by atoms with van der Waals surface area (Å²) in [5.74, 6) is 0.486. The molecule has 0 atom stereocenters. The monoisotopic (exact) mass is 258 g/mol. The number of aromatic amines is 1. The summed E-state index contributed by atoms with van der Waals surface area (Å²) in [6, 6.07) is 8.00. The highest BCUT2D eigenvalue weighted by molar-refractivity contribution is 5.36. The summed E-state index contributed by atoms with van der Waals surface area (Å²) in [6.45, 7) is 8.40. The highest BCUT2D eigenvalue weighted by atomic mass is 16.1. The number of nitrogens with one attached hydrogen (secondary N) is 1. The van der Waals surface area contributed by atoms with E-state index in [1.807, 2.05) is 31.2 Å². The number of nitrogens with zero attached hydrogens (tertiary/aromatic N) is 1. The Morgan fingerprint density at radius 3 is 2.63 bits per heavy atom. The van der Waals surface area contributed by atoms with Crippen molar-refractivity contribution in [1.82, 2.24) is 9.78 Å². The van der Waals surface area contributed by atoms with Crippen LogP contribution in [0.25, 0.3) is 5.69 Å². The van der Waals surface area contributed by atoms with Gasteiger partial charge in [0.15, 0.2) is 0 Å². The van der Waals surface area contributed by atoms with Crippen LogP contribution >= 0.6 is 0 Å². The molecule has 19 heavy (non-hydrogen) atoms. The fourth-order valence-electron chi connectivity index (χ4n) is 2.38. The van der Waals surface area contributed by atoms with Crippen LogP contribution in [0.3, 0.4) is 0 Å². The number of rotatable bonds is 4. The molecule has 1 aromatic heterocycles. The summed E-state index contributed by atoms with van der Waals surface area (Å²) in [5.41, 5.74) is 4.15. The molecule has 2 rings (SSSR count). The van der Waals surface area contributed by atoms with Gasteiger partial charge in [-0.2, -0.15) is 0 Å². The molecule has 0 radical (unpaired) electrons. The number of aryl methyl sites for hydroxylation is 2. The lowest BCUT2D eigenvalue weighted by molar-refractivity contribution is 0.640. The quantitative estimate of drug-likeness (QED) is 0.898. The fraction of sp³-hybridized carbons (Fsp3) is 0.438. The Labute approximate surface area is 114 Å². The molecular formula is C16H22N2O. The molecule has 1 N–H and O–H groups in total. The van der Waals surface area contributed by atoms with Gasteiger partial charge in [0.25, 0.3) is 5.56 Å². The Bertz CT molecular complexity index is 620. The van der Waals surface area contributed by atoms with E-state index in [4.69, 9.17) is 0 Å². The van der Waals surface area contributed by atoms with Gasteiger partial charge in [-0.1, -0.05) is 32.9 Å². The predicted molar refractivity (Wildman–Crippen MR) is 79.0 cm³/mol. The second-order valence-corrected chi connectivity index (χ2v) is 5.50. The zero-order chi connectivity index (χ0) is 14.0. The maximum Gasteiger partial charge on any atom is 0.274 e. The third-order valence-corrected chi connectivity index (χ3v) is 3.30. The maximum atomic E-state index is 12.5. The van der Waals surface area contributed by atoms with Gasteiger partial charge in [-0.25, -0.2) is 4.68 Å². The Hall–Kier alpha value is -1.77. The van der Waals surface area contributed by atoms with Crippen LogP contribution in [0.4, 0.5) is 0 Å². The third-order valence-electron chi connectivity index (χ3n) is 3.30. The first-order valence-electron chi connectivity index (χ1n) is 6.92. The second-order valence-electron chi connectivity index (χ2n) is 5.50. The molecule has 3 nitrogen and oxygen atoms in total. The predicted octanol–water partition coefficient (Wildman–Crippen LogP) is 3.23. The summed E-state index contributed by atoms with van der Waals surface area (Å²) in [4.78, 5) is 12.5. The van der Waals surface area contributed by atoms with Gasteiger partial charge in [0.05, 0.1) is 5.69 Å². The van der Waals surface area contributed by atoms with E-state index in [1.165, 1.54) is 0 Å². The van der Waals surface area contributed by atoms with Crippen molar-refractivity contribution in [3.63, 3.8) is 0 Å². The lowest BCUT2D eigenvalue weighted by atomic mass is 10.0. The molecule has 0 fully saturated rings. The van der Waals surface area contributed by atoms with Crippen LogP contribution in [0, 0.1) is 12.8 Å². The first kappa shape index (κ1) is 13.7. The maximum absolute atomic E-state index is 12.5. The van der Waals surface area contributed by atoms with E-state index < -0.39 is 0 Å². The van der Waals surface area contributed by atoms with Gasteiger partial charge >= 0.3 is 0 Å². The number of hydrogen-bond donors (Lipinski definition) is 1. The third kappa shape index (κ3) is 2.80. The van der Waals surface area contributed by atoms with Gasteiger partial charge in [0, 0.05) is 11.3 Å². The summed E-state index contributed by atoms with van der Waals surface area (Å²) in [6.07, 6.45) is 1.69. The molecule has 0 unspecified atom stereocenters. The molecule has 1 aromatic carbocycles. The molecule has 0 aliphatic heterocycles. The van der Waals surface area contributed by atoms with Gasteiger partial charge in [-0.05, 0) is 43.4 Å². The average Bonchev–Trinajstić information content (AvgIpc) is 2.66.